The van der Waals surface area contributed by atoms with Gasteiger partial charge in [-0.05, 0) is 38.5 Å². The number of ether oxygens (including phenoxy) is 1. The summed E-state index contributed by atoms with van der Waals surface area (Å²) in [6.45, 7) is 5.88. The largest absolute Gasteiger partial charge is 0.488 e. The third kappa shape index (κ3) is 5.27. The summed E-state index contributed by atoms with van der Waals surface area (Å²) in [7, 11) is 0. The second-order valence-corrected chi connectivity index (χ2v) is 9.95. The van der Waals surface area contributed by atoms with Crippen LogP contribution in [-0.4, -0.2) is 26.3 Å². The number of hydrogen-bond acceptors (Lipinski definition) is 6. The van der Waals surface area contributed by atoms with E-state index < -0.39 is 6.04 Å². The van der Waals surface area contributed by atoms with E-state index in [1.54, 1.807) is 35.5 Å². The number of allylic oxidation sites excluding steroid dienone is 2. The fourth-order valence-corrected chi connectivity index (χ4v) is 5.25. The highest BCUT2D eigenvalue weighted by Crippen LogP contribution is 2.40. The molecule has 1 aromatic heterocycles. The number of rotatable bonds is 9. The molecule has 178 valence electrons. The normalized spacial score (nSPS) is 15.1. The first-order chi connectivity index (χ1) is 16.4. The van der Waals surface area contributed by atoms with E-state index in [0.717, 1.165) is 35.4 Å². The number of aromatic nitrogens is 3. The molecule has 0 saturated heterocycles. The summed E-state index contributed by atoms with van der Waals surface area (Å²) in [4.78, 5) is 17.4. The third-order valence-corrected chi connectivity index (χ3v) is 7.06. The summed E-state index contributed by atoms with van der Waals surface area (Å²) in [6.07, 6.45) is 2.20. The third-order valence-electron chi connectivity index (χ3n) is 5.55. The number of benzene rings is 2. The topological polar surface area (TPSA) is 69.0 Å². The molecule has 2 aromatic carbocycles. The molecule has 0 amide bonds. The number of unbranched alkanes of at least 4 members (excludes halogenated alkanes) is 1. The quantitative estimate of drug-likeness (QED) is 0.245. The van der Waals surface area contributed by atoms with Crippen LogP contribution >= 0.6 is 35.0 Å². The van der Waals surface area contributed by atoms with Crippen LogP contribution in [-0.2, 0) is 11.4 Å². The molecule has 0 fully saturated rings. The Kier molecular flexibility index (Phi) is 7.86. The molecule has 0 aliphatic carbocycles. The van der Waals surface area contributed by atoms with Crippen LogP contribution < -0.4 is 10.1 Å². The number of halogens is 2. The minimum absolute atomic E-state index is 0.0353. The first-order valence-electron chi connectivity index (χ1n) is 11.1. The lowest BCUT2D eigenvalue weighted by molar-refractivity contribution is -0.114. The number of ketones is 1. The molecular formula is C25H26Cl2N4O2S. The molecule has 9 heteroatoms. The molecule has 2 heterocycles. The van der Waals surface area contributed by atoms with Crippen LogP contribution in [0.3, 0.4) is 0 Å². The Labute approximate surface area is 213 Å². The number of hydrogen-bond donors (Lipinski definition) is 1. The van der Waals surface area contributed by atoms with Crippen molar-refractivity contribution in [3.8, 4) is 5.75 Å². The van der Waals surface area contributed by atoms with Crippen molar-refractivity contribution in [3.05, 3.63) is 74.9 Å². The van der Waals surface area contributed by atoms with E-state index in [0.29, 0.717) is 32.5 Å². The molecule has 0 bridgehead atoms. The first-order valence-corrected chi connectivity index (χ1v) is 12.9. The van der Waals surface area contributed by atoms with Crippen LogP contribution in [0.15, 0.2) is 58.9 Å². The Morgan fingerprint density at radius 3 is 2.76 bits per heavy atom. The van der Waals surface area contributed by atoms with Gasteiger partial charge in [0.15, 0.2) is 5.78 Å². The van der Waals surface area contributed by atoms with Crippen LogP contribution in [0.1, 0.15) is 50.8 Å². The van der Waals surface area contributed by atoms with Gasteiger partial charge in [0.2, 0.25) is 11.1 Å². The van der Waals surface area contributed by atoms with Crippen molar-refractivity contribution in [2.24, 2.45) is 0 Å². The first kappa shape index (κ1) is 24.6. The number of nitrogens with zero attached hydrogens (tertiary/aromatic N) is 3. The molecule has 1 aliphatic rings. The van der Waals surface area contributed by atoms with Gasteiger partial charge in [-0.3, -0.25) is 4.79 Å². The standard InChI is InChI=1S/C25H26Cl2N4O2S/c1-4-5-12-34-25-29-24-28-15(2)22(16(3)32)23(31(24)30-25)19-8-6-7-9-21(19)33-14-17-10-11-18(26)13-20(17)27/h6-11,13,23H,4-5,12,14H2,1-3H3,(H,28,29,30). The summed E-state index contributed by atoms with van der Waals surface area (Å²) < 4.78 is 8.00. The Morgan fingerprint density at radius 1 is 1.24 bits per heavy atom. The zero-order valence-corrected chi connectivity index (χ0v) is 21.6. The predicted molar refractivity (Wildman–Crippen MR) is 138 cm³/mol. The maximum absolute atomic E-state index is 12.8. The molecule has 1 N–H and O–H groups in total. The summed E-state index contributed by atoms with van der Waals surface area (Å²) in [5.41, 5.74) is 3.04. The number of para-hydroxylation sites is 1. The monoisotopic (exact) mass is 516 g/mol. The average Bonchev–Trinajstić information content (AvgIpc) is 3.20. The smallest absolute Gasteiger partial charge is 0.227 e. The van der Waals surface area contributed by atoms with Gasteiger partial charge in [0, 0.05) is 38.2 Å². The summed E-state index contributed by atoms with van der Waals surface area (Å²) >= 11 is 14.0. The Bertz CT molecular complexity index is 1240. The van der Waals surface area contributed by atoms with Crippen molar-refractivity contribution in [2.75, 3.05) is 11.1 Å². The fraction of sp³-hybridized carbons (Fsp3) is 0.320. The van der Waals surface area contributed by atoms with Gasteiger partial charge >= 0.3 is 0 Å². The van der Waals surface area contributed by atoms with E-state index in [4.69, 9.17) is 33.0 Å². The number of Topliss-reactive ketones (excluding diaryl/α,β-unsaturated/α-hetero) is 1. The van der Waals surface area contributed by atoms with E-state index in [1.807, 2.05) is 37.3 Å². The Balaban J connectivity index is 1.71. The summed E-state index contributed by atoms with van der Waals surface area (Å²) in [5.74, 6) is 2.17. The second kappa shape index (κ2) is 10.8. The van der Waals surface area contributed by atoms with Gasteiger partial charge in [0.25, 0.3) is 0 Å². The Morgan fingerprint density at radius 2 is 2.03 bits per heavy atom. The molecule has 4 rings (SSSR count). The zero-order valence-electron chi connectivity index (χ0n) is 19.3. The van der Waals surface area contributed by atoms with E-state index >= 15 is 0 Å². The van der Waals surface area contributed by atoms with E-state index in [9.17, 15) is 4.79 Å². The number of carbonyl (C=O) groups is 1. The highest BCUT2D eigenvalue weighted by atomic mass is 35.5. The van der Waals surface area contributed by atoms with E-state index in [2.05, 4.69) is 17.2 Å². The van der Waals surface area contributed by atoms with Crippen molar-refractivity contribution >= 4 is 46.7 Å². The van der Waals surface area contributed by atoms with Crippen LogP contribution in [0.4, 0.5) is 5.95 Å². The average molecular weight is 517 g/mol. The van der Waals surface area contributed by atoms with Crippen LogP contribution in [0, 0.1) is 0 Å². The molecule has 6 nitrogen and oxygen atoms in total. The van der Waals surface area contributed by atoms with Gasteiger partial charge in [-0.1, -0.05) is 72.6 Å². The van der Waals surface area contributed by atoms with Gasteiger partial charge in [-0.15, -0.1) is 5.10 Å². The van der Waals surface area contributed by atoms with Crippen molar-refractivity contribution in [2.45, 2.75) is 51.4 Å². The number of anilines is 1. The summed E-state index contributed by atoms with van der Waals surface area (Å²) in [5, 5.41) is 9.81. The fourth-order valence-electron chi connectivity index (χ4n) is 3.88. The van der Waals surface area contributed by atoms with Crippen LogP contribution in [0.25, 0.3) is 0 Å². The molecule has 0 radical (unpaired) electrons. The lowest BCUT2D eigenvalue weighted by Gasteiger charge is -2.29. The second-order valence-electron chi connectivity index (χ2n) is 8.05. The molecule has 1 unspecified atom stereocenters. The van der Waals surface area contributed by atoms with Gasteiger partial charge < -0.3 is 10.1 Å². The van der Waals surface area contributed by atoms with Crippen molar-refractivity contribution in [1.29, 1.82) is 0 Å². The zero-order chi connectivity index (χ0) is 24.2. The van der Waals surface area contributed by atoms with Crippen LogP contribution in [0.2, 0.25) is 10.0 Å². The molecular weight excluding hydrogens is 491 g/mol. The highest BCUT2D eigenvalue weighted by molar-refractivity contribution is 7.99. The van der Waals surface area contributed by atoms with Gasteiger partial charge in [0.1, 0.15) is 18.4 Å². The molecule has 1 atom stereocenters. The Hall–Kier alpha value is -2.48. The lowest BCUT2D eigenvalue weighted by Crippen LogP contribution is -2.28. The molecule has 34 heavy (non-hydrogen) atoms. The van der Waals surface area contributed by atoms with Gasteiger partial charge in [-0.25, -0.2) is 4.68 Å². The van der Waals surface area contributed by atoms with Gasteiger partial charge in [-0.2, -0.15) is 4.98 Å². The minimum atomic E-state index is -0.460. The summed E-state index contributed by atoms with van der Waals surface area (Å²) in [6, 6.07) is 12.5. The predicted octanol–water partition coefficient (Wildman–Crippen LogP) is 6.93. The molecule has 0 spiro atoms. The lowest BCUT2D eigenvalue weighted by atomic mass is 9.92. The van der Waals surface area contributed by atoms with Crippen molar-refractivity contribution in [3.63, 3.8) is 0 Å². The SMILES string of the molecule is CCCCSc1nc2n(n1)C(c1ccccc1OCc1ccc(Cl)cc1Cl)C(C(C)=O)=C(C)N2. The number of thioether (sulfide) groups is 1. The highest BCUT2D eigenvalue weighted by Gasteiger charge is 2.34. The van der Waals surface area contributed by atoms with Crippen molar-refractivity contribution < 1.29 is 9.53 Å². The van der Waals surface area contributed by atoms with Gasteiger partial charge in [0.05, 0.1) is 0 Å². The molecule has 0 saturated carbocycles. The maximum atomic E-state index is 12.8. The number of carbonyl (C=O) groups excluding carboxylic acids is 1. The van der Waals surface area contributed by atoms with Crippen molar-refractivity contribution in [1.82, 2.24) is 14.8 Å². The van der Waals surface area contributed by atoms with E-state index in [-0.39, 0.29) is 12.4 Å². The molecule has 1 aliphatic heterocycles. The minimum Gasteiger partial charge on any atom is -0.488 e. The maximum Gasteiger partial charge on any atom is 0.227 e. The number of fused-ring (bicyclic) bond motifs is 1. The molecule has 3 aromatic rings. The van der Waals surface area contributed by atoms with E-state index in [1.165, 1.54) is 0 Å². The number of nitrogens with one attached hydrogen (secondary N) is 1. The van der Waals surface area contributed by atoms with Crippen LogP contribution in [0.5, 0.6) is 5.75 Å².